The first-order chi connectivity index (χ1) is 9.78. The number of nitrogens with one attached hydrogen (secondary N) is 3. The number of amides is 2. The van der Waals surface area contributed by atoms with Crippen LogP contribution in [0.5, 0.6) is 0 Å². The lowest BCUT2D eigenvalue weighted by molar-refractivity contribution is 0.221. The number of carbonyl (C=O) groups excluding carboxylic acids is 1. The molecule has 0 aromatic heterocycles. The fraction of sp³-hybridized carbons (Fsp3) is 0.938. The van der Waals surface area contributed by atoms with Gasteiger partial charge in [0.1, 0.15) is 0 Å². The van der Waals surface area contributed by atoms with Crippen LogP contribution < -0.4 is 16.0 Å². The maximum atomic E-state index is 12.0. The molecular weight excluding hydrogens is 250 g/mol. The van der Waals surface area contributed by atoms with E-state index in [2.05, 4.69) is 22.9 Å². The predicted octanol–water partition coefficient (Wildman–Crippen LogP) is 2.93. The summed E-state index contributed by atoms with van der Waals surface area (Å²) in [6.07, 6.45) is 12.0. The lowest BCUT2D eigenvalue weighted by atomic mass is 9.91. The average molecular weight is 281 g/mol. The van der Waals surface area contributed by atoms with Crippen molar-refractivity contribution in [3.63, 3.8) is 0 Å². The maximum Gasteiger partial charge on any atom is 0.315 e. The molecule has 0 aromatic rings. The summed E-state index contributed by atoms with van der Waals surface area (Å²) in [4.78, 5) is 12.0. The second kappa shape index (κ2) is 8.50. The zero-order chi connectivity index (χ0) is 14.2. The molecule has 0 aliphatic heterocycles. The van der Waals surface area contributed by atoms with Gasteiger partial charge in [0.05, 0.1) is 0 Å². The molecule has 4 heteroatoms. The second-order valence-corrected chi connectivity index (χ2v) is 6.46. The molecule has 0 atom stereocenters. The van der Waals surface area contributed by atoms with Gasteiger partial charge in [0.2, 0.25) is 0 Å². The Morgan fingerprint density at radius 1 is 0.850 bits per heavy atom. The SMILES string of the molecule is CCCNC1CCC(NC(=O)NC2CCCCC2)CC1. The molecule has 116 valence electrons. The summed E-state index contributed by atoms with van der Waals surface area (Å²) in [5.41, 5.74) is 0. The van der Waals surface area contributed by atoms with Crippen molar-refractivity contribution in [2.75, 3.05) is 6.54 Å². The highest BCUT2D eigenvalue weighted by molar-refractivity contribution is 5.74. The normalized spacial score (nSPS) is 28.1. The summed E-state index contributed by atoms with van der Waals surface area (Å²) < 4.78 is 0. The Morgan fingerprint density at radius 2 is 1.40 bits per heavy atom. The molecule has 2 aliphatic carbocycles. The van der Waals surface area contributed by atoms with Crippen LogP contribution in [0.2, 0.25) is 0 Å². The van der Waals surface area contributed by atoms with E-state index in [1.54, 1.807) is 0 Å². The monoisotopic (exact) mass is 281 g/mol. The first kappa shape index (κ1) is 15.6. The van der Waals surface area contributed by atoms with Gasteiger partial charge in [-0.3, -0.25) is 0 Å². The van der Waals surface area contributed by atoms with E-state index in [-0.39, 0.29) is 6.03 Å². The van der Waals surface area contributed by atoms with E-state index in [1.165, 1.54) is 38.5 Å². The highest BCUT2D eigenvalue weighted by Gasteiger charge is 2.23. The van der Waals surface area contributed by atoms with Crippen LogP contribution in [0.1, 0.15) is 71.1 Å². The fourth-order valence-corrected chi connectivity index (χ4v) is 3.45. The fourth-order valence-electron chi connectivity index (χ4n) is 3.45. The summed E-state index contributed by atoms with van der Waals surface area (Å²) in [6, 6.07) is 1.50. The molecule has 0 saturated heterocycles. The smallest absolute Gasteiger partial charge is 0.315 e. The van der Waals surface area contributed by atoms with Gasteiger partial charge in [0, 0.05) is 18.1 Å². The number of hydrogen-bond acceptors (Lipinski definition) is 2. The Balaban J connectivity index is 1.60. The highest BCUT2D eigenvalue weighted by Crippen LogP contribution is 2.19. The standard InChI is InChI=1S/C16H31N3O/c1-2-12-17-13-8-10-15(11-9-13)19-16(20)18-14-6-4-3-5-7-14/h13-15,17H,2-12H2,1H3,(H2,18,19,20). The van der Waals surface area contributed by atoms with Gasteiger partial charge in [-0.2, -0.15) is 0 Å². The van der Waals surface area contributed by atoms with Gasteiger partial charge in [0.15, 0.2) is 0 Å². The minimum Gasteiger partial charge on any atom is -0.335 e. The van der Waals surface area contributed by atoms with Gasteiger partial charge in [-0.15, -0.1) is 0 Å². The van der Waals surface area contributed by atoms with Crippen LogP contribution >= 0.6 is 0 Å². The molecule has 0 radical (unpaired) electrons. The average Bonchev–Trinajstić information content (AvgIpc) is 2.47. The van der Waals surface area contributed by atoms with Crippen molar-refractivity contribution < 1.29 is 4.79 Å². The van der Waals surface area contributed by atoms with Gasteiger partial charge >= 0.3 is 6.03 Å². The van der Waals surface area contributed by atoms with Crippen LogP contribution in [0.3, 0.4) is 0 Å². The molecule has 0 unspecified atom stereocenters. The maximum absolute atomic E-state index is 12.0. The first-order valence-electron chi connectivity index (χ1n) is 8.58. The Hall–Kier alpha value is -0.770. The zero-order valence-electron chi connectivity index (χ0n) is 12.9. The van der Waals surface area contributed by atoms with Crippen molar-refractivity contribution in [1.82, 2.24) is 16.0 Å². The van der Waals surface area contributed by atoms with Crippen molar-refractivity contribution in [2.45, 2.75) is 89.3 Å². The van der Waals surface area contributed by atoms with Crippen LogP contribution in [0.25, 0.3) is 0 Å². The summed E-state index contributed by atoms with van der Waals surface area (Å²) in [6.45, 7) is 3.32. The van der Waals surface area contributed by atoms with Crippen molar-refractivity contribution in [1.29, 1.82) is 0 Å². The predicted molar refractivity (Wildman–Crippen MR) is 82.9 cm³/mol. The van der Waals surface area contributed by atoms with Gasteiger partial charge in [-0.25, -0.2) is 4.79 Å². The number of urea groups is 1. The first-order valence-corrected chi connectivity index (χ1v) is 8.58. The minimum absolute atomic E-state index is 0.0573. The Morgan fingerprint density at radius 3 is 2.00 bits per heavy atom. The summed E-state index contributed by atoms with van der Waals surface area (Å²) >= 11 is 0. The van der Waals surface area contributed by atoms with E-state index in [1.807, 2.05) is 0 Å². The lowest BCUT2D eigenvalue weighted by Crippen LogP contribution is -2.49. The van der Waals surface area contributed by atoms with Crippen molar-refractivity contribution in [3.05, 3.63) is 0 Å². The highest BCUT2D eigenvalue weighted by atomic mass is 16.2. The number of rotatable bonds is 5. The van der Waals surface area contributed by atoms with Gasteiger partial charge in [0.25, 0.3) is 0 Å². The van der Waals surface area contributed by atoms with Crippen LogP contribution in [-0.4, -0.2) is 30.7 Å². The lowest BCUT2D eigenvalue weighted by Gasteiger charge is -2.30. The van der Waals surface area contributed by atoms with Crippen LogP contribution in [0.15, 0.2) is 0 Å². The van der Waals surface area contributed by atoms with E-state index >= 15 is 0 Å². The minimum atomic E-state index is 0.0573. The molecule has 2 amide bonds. The Bertz CT molecular complexity index is 281. The quantitative estimate of drug-likeness (QED) is 0.726. The Labute approximate surface area is 123 Å². The molecule has 0 spiro atoms. The van der Waals surface area contributed by atoms with E-state index in [9.17, 15) is 4.79 Å². The molecule has 0 bridgehead atoms. The van der Waals surface area contributed by atoms with E-state index < -0.39 is 0 Å². The Kier molecular flexibility index (Phi) is 6.64. The molecule has 0 heterocycles. The molecular formula is C16H31N3O. The van der Waals surface area contributed by atoms with Crippen LogP contribution in [0, 0.1) is 0 Å². The van der Waals surface area contributed by atoms with Gasteiger partial charge in [-0.1, -0.05) is 26.2 Å². The largest absolute Gasteiger partial charge is 0.335 e. The summed E-state index contributed by atoms with van der Waals surface area (Å²) in [7, 11) is 0. The topological polar surface area (TPSA) is 53.2 Å². The van der Waals surface area contributed by atoms with Crippen molar-refractivity contribution in [2.24, 2.45) is 0 Å². The molecule has 2 saturated carbocycles. The third-order valence-corrected chi connectivity index (χ3v) is 4.69. The van der Waals surface area contributed by atoms with Crippen molar-refractivity contribution in [3.8, 4) is 0 Å². The number of hydrogen-bond donors (Lipinski definition) is 3. The molecule has 20 heavy (non-hydrogen) atoms. The molecule has 3 N–H and O–H groups in total. The molecule has 4 nitrogen and oxygen atoms in total. The van der Waals surface area contributed by atoms with Crippen molar-refractivity contribution >= 4 is 6.03 Å². The third kappa shape index (κ3) is 5.31. The molecule has 2 fully saturated rings. The summed E-state index contributed by atoms with van der Waals surface area (Å²) in [5, 5.41) is 9.89. The van der Waals surface area contributed by atoms with Crippen LogP contribution in [0.4, 0.5) is 4.79 Å². The van der Waals surface area contributed by atoms with E-state index in [4.69, 9.17) is 0 Å². The van der Waals surface area contributed by atoms with E-state index in [0.717, 1.165) is 32.2 Å². The zero-order valence-corrected chi connectivity index (χ0v) is 12.9. The van der Waals surface area contributed by atoms with E-state index in [0.29, 0.717) is 18.1 Å². The summed E-state index contributed by atoms with van der Waals surface area (Å²) in [5.74, 6) is 0. The second-order valence-electron chi connectivity index (χ2n) is 6.46. The third-order valence-electron chi connectivity index (χ3n) is 4.69. The number of carbonyl (C=O) groups is 1. The molecule has 2 rings (SSSR count). The van der Waals surface area contributed by atoms with Gasteiger partial charge < -0.3 is 16.0 Å². The molecule has 0 aromatic carbocycles. The van der Waals surface area contributed by atoms with Crippen LogP contribution in [-0.2, 0) is 0 Å². The molecule has 2 aliphatic rings. The van der Waals surface area contributed by atoms with Gasteiger partial charge in [-0.05, 0) is 51.5 Å².